The quantitative estimate of drug-likeness (QED) is 0.0429. The molecule has 3 N–H and O–H groups in total. The number of amides is 1. The number of hydrogen-bond donors (Lipinski definition) is 3. The van der Waals surface area contributed by atoms with Gasteiger partial charge in [0.05, 0.1) is 18.8 Å². The third-order valence-corrected chi connectivity index (χ3v) is 11.5. The molecular weight excluding hydrogens is 651 g/mol. The van der Waals surface area contributed by atoms with Gasteiger partial charge in [0.2, 0.25) is 5.91 Å². The van der Waals surface area contributed by atoms with E-state index in [2.05, 4.69) is 19.2 Å². The van der Waals surface area contributed by atoms with Gasteiger partial charge in [-0.05, 0) is 19.3 Å². The minimum Gasteiger partial charge on any atom is -0.394 e. The van der Waals surface area contributed by atoms with Crippen molar-refractivity contribution in [2.45, 2.75) is 289 Å². The molecule has 0 bridgehead atoms. The molecule has 4 heteroatoms. The standard InChI is InChI=1S/C49H97NO3/c1-3-5-7-9-11-13-15-17-19-21-23-24-25-27-28-30-32-34-36-38-40-42-44-48(52)47(46-51)50-49(53)45-43-41-39-37-35-33-31-29-26-22-20-18-16-14-12-10-8-6-4-2/h42,44,47-48,51-52H,3-41,43,45-46H2,1-2H3,(H,50,53)/b44-42+. The number of rotatable bonds is 45. The van der Waals surface area contributed by atoms with Crippen LogP contribution in [0.4, 0.5) is 0 Å². The van der Waals surface area contributed by atoms with E-state index >= 15 is 0 Å². The Morgan fingerprint density at radius 2 is 0.698 bits per heavy atom. The van der Waals surface area contributed by atoms with Crippen LogP contribution in [0.5, 0.6) is 0 Å². The molecule has 0 heterocycles. The highest BCUT2D eigenvalue weighted by molar-refractivity contribution is 5.76. The van der Waals surface area contributed by atoms with Gasteiger partial charge in [-0.1, -0.05) is 264 Å². The van der Waals surface area contributed by atoms with Crippen LogP contribution in [0.1, 0.15) is 277 Å². The first-order valence-corrected chi connectivity index (χ1v) is 24.4. The van der Waals surface area contributed by atoms with Crippen LogP contribution in [0.3, 0.4) is 0 Å². The summed E-state index contributed by atoms with van der Waals surface area (Å²) < 4.78 is 0. The van der Waals surface area contributed by atoms with Crippen molar-refractivity contribution in [3.05, 3.63) is 12.2 Å². The highest BCUT2D eigenvalue weighted by Crippen LogP contribution is 2.17. The molecule has 0 spiro atoms. The lowest BCUT2D eigenvalue weighted by molar-refractivity contribution is -0.123. The van der Waals surface area contributed by atoms with E-state index in [1.54, 1.807) is 6.08 Å². The number of carbonyl (C=O) groups excluding carboxylic acids is 1. The van der Waals surface area contributed by atoms with Gasteiger partial charge in [0.1, 0.15) is 0 Å². The average Bonchev–Trinajstić information content (AvgIpc) is 3.16. The van der Waals surface area contributed by atoms with E-state index in [1.165, 1.54) is 231 Å². The molecule has 0 aromatic carbocycles. The first kappa shape index (κ1) is 52.1. The topological polar surface area (TPSA) is 69.6 Å². The molecule has 0 rings (SSSR count). The SMILES string of the molecule is CCCCCCCCCCCCCCCCCCCCCC/C=C/C(O)C(CO)NC(=O)CCCCCCCCCCCCCCCCCCCCC. The highest BCUT2D eigenvalue weighted by atomic mass is 16.3. The summed E-state index contributed by atoms with van der Waals surface area (Å²) in [5.74, 6) is -0.0578. The van der Waals surface area contributed by atoms with E-state index in [0.29, 0.717) is 6.42 Å². The maximum atomic E-state index is 12.4. The number of hydrogen-bond acceptors (Lipinski definition) is 3. The molecule has 0 aliphatic rings. The number of nitrogens with one attached hydrogen (secondary N) is 1. The lowest BCUT2D eigenvalue weighted by Gasteiger charge is -2.20. The Labute approximate surface area is 333 Å². The Bertz CT molecular complexity index is 725. The first-order valence-electron chi connectivity index (χ1n) is 24.4. The second kappa shape index (κ2) is 45.5. The van der Waals surface area contributed by atoms with Gasteiger partial charge >= 0.3 is 0 Å². The van der Waals surface area contributed by atoms with Crippen molar-refractivity contribution in [1.82, 2.24) is 5.32 Å². The number of aliphatic hydroxyl groups is 2. The maximum absolute atomic E-state index is 12.4. The molecule has 0 aliphatic carbocycles. The molecular formula is C49H97NO3. The number of allylic oxidation sites excluding steroid dienone is 1. The molecule has 53 heavy (non-hydrogen) atoms. The predicted octanol–water partition coefficient (Wildman–Crippen LogP) is 15.4. The third kappa shape index (κ3) is 42.1. The van der Waals surface area contributed by atoms with Gasteiger partial charge < -0.3 is 15.5 Å². The van der Waals surface area contributed by atoms with Gasteiger partial charge in [-0.25, -0.2) is 0 Å². The smallest absolute Gasteiger partial charge is 0.220 e. The van der Waals surface area contributed by atoms with Crippen LogP contribution in [0, 0.1) is 0 Å². The van der Waals surface area contributed by atoms with Crippen LogP contribution in [0.25, 0.3) is 0 Å². The van der Waals surface area contributed by atoms with E-state index in [4.69, 9.17) is 0 Å². The Kier molecular flexibility index (Phi) is 44.8. The van der Waals surface area contributed by atoms with Crippen LogP contribution in [0.15, 0.2) is 12.2 Å². The second-order valence-corrected chi connectivity index (χ2v) is 16.9. The van der Waals surface area contributed by atoms with Gasteiger partial charge in [0.15, 0.2) is 0 Å². The van der Waals surface area contributed by atoms with Crippen LogP contribution < -0.4 is 5.32 Å². The fourth-order valence-electron chi connectivity index (χ4n) is 7.77. The molecule has 0 aromatic heterocycles. The van der Waals surface area contributed by atoms with Gasteiger partial charge in [-0.2, -0.15) is 0 Å². The Morgan fingerprint density at radius 1 is 0.434 bits per heavy atom. The van der Waals surface area contributed by atoms with E-state index in [0.717, 1.165) is 25.7 Å². The molecule has 4 nitrogen and oxygen atoms in total. The molecule has 316 valence electrons. The number of unbranched alkanes of at least 4 members (excludes halogenated alkanes) is 38. The predicted molar refractivity (Wildman–Crippen MR) is 235 cm³/mol. The summed E-state index contributed by atoms with van der Waals surface area (Å²) in [6, 6.07) is -0.617. The van der Waals surface area contributed by atoms with Crippen LogP contribution in [-0.2, 0) is 4.79 Å². The zero-order valence-electron chi connectivity index (χ0n) is 36.3. The summed E-state index contributed by atoms with van der Waals surface area (Å²) in [5.41, 5.74) is 0. The van der Waals surface area contributed by atoms with Gasteiger partial charge in [0.25, 0.3) is 0 Å². The largest absolute Gasteiger partial charge is 0.394 e. The third-order valence-electron chi connectivity index (χ3n) is 11.5. The summed E-state index contributed by atoms with van der Waals surface area (Å²) in [7, 11) is 0. The van der Waals surface area contributed by atoms with Crippen molar-refractivity contribution in [2.75, 3.05) is 6.61 Å². The van der Waals surface area contributed by atoms with Crippen molar-refractivity contribution in [3.63, 3.8) is 0 Å². The lowest BCUT2D eigenvalue weighted by Crippen LogP contribution is -2.45. The van der Waals surface area contributed by atoms with Crippen LogP contribution in [-0.4, -0.2) is 34.9 Å². The summed E-state index contributed by atoms with van der Waals surface area (Å²) in [6.45, 7) is 4.34. The Hall–Kier alpha value is -0.870. The van der Waals surface area contributed by atoms with Crippen molar-refractivity contribution < 1.29 is 15.0 Å². The minimum absolute atomic E-state index is 0.0578. The highest BCUT2D eigenvalue weighted by Gasteiger charge is 2.18. The van der Waals surface area contributed by atoms with Crippen molar-refractivity contribution in [1.29, 1.82) is 0 Å². The normalized spacial score (nSPS) is 12.9. The first-order chi connectivity index (χ1) is 26.2. The zero-order chi connectivity index (χ0) is 38.6. The van der Waals surface area contributed by atoms with E-state index in [1.807, 2.05) is 6.08 Å². The Balaban J connectivity index is 3.49. The van der Waals surface area contributed by atoms with Crippen molar-refractivity contribution in [3.8, 4) is 0 Å². The fraction of sp³-hybridized carbons (Fsp3) is 0.939. The second-order valence-electron chi connectivity index (χ2n) is 16.9. The van der Waals surface area contributed by atoms with Crippen molar-refractivity contribution >= 4 is 5.91 Å². The molecule has 0 radical (unpaired) electrons. The summed E-state index contributed by atoms with van der Waals surface area (Å²) >= 11 is 0. The summed E-state index contributed by atoms with van der Waals surface area (Å²) in [5, 5.41) is 23.1. The van der Waals surface area contributed by atoms with E-state index in [-0.39, 0.29) is 12.5 Å². The molecule has 1 amide bonds. The molecule has 2 atom stereocenters. The summed E-state index contributed by atoms with van der Waals surface area (Å²) in [6.07, 6.45) is 57.7. The monoisotopic (exact) mass is 748 g/mol. The molecule has 0 fully saturated rings. The van der Waals surface area contributed by atoms with Gasteiger partial charge in [-0.15, -0.1) is 0 Å². The maximum Gasteiger partial charge on any atom is 0.220 e. The molecule has 0 saturated carbocycles. The van der Waals surface area contributed by atoms with E-state index in [9.17, 15) is 15.0 Å². The average molecular weight is 748 g/mol. The Morgan fingerprint density at radius 3 is 0.981 bits per heavy atom. The van der Waals surface area contributed by atoms with Crippen molar-refractivity contribution in [2.24, 2.45) is 0 Å². The van der Waals surface area contributed by atoms with Gasteiger partial charge in [0, 0.05) is 6.42 Å². The van der Waals surface area contributed by atoms with Crippen LogP contribution >= 0.6 is 0 Å². The lowest BCUT2D eigenvalue weighted by atomic mass is 10.0. The molecule has 2 unspecified atom stereocenters. The van der Waals surface area contributed by atoms with E-state index < -0.39 is 12.1 Å². The molecule has 0 aliphatic heterocycles. The zero-order valence-corrected chi connectivity index (χ0v) is 36.3. The molecule has 0 aromatic rings. The number of aliphatic hydroxyl groups excluding tert-OH is 2. The van der Waals surface area contributed by atoms with Gasteiger partial charge in [-0.3, -0.25) is 4.79 Å². The fourth-order valence-corrected chi connectivity index (χ4v) is 7.77. The minimum atomic E-state index is -0.834. The van der Waals surface area contributed by atoms with Crippen LogP contribution in [0.2, 0.25) is 0 Å². The number of carbonyl (C=O) groups is 1. The summed E-state index contributed by atoms with van der Waals surface area (Å²) in [4.78, 5) is 12.4. The molecule has 0 saturated heterocycles.